The van der Waals surface area contributed by atoms with Crippen molar-refractivity contribution >= 4 is 0 Å². The predicted octanol–water partition coefficient (Wildman–Crippen LogP) is 4.39. The van der Waals surface area contributed by atoms with Crippen LogP contribution in [0.15, 0.2) is 49.1 Å². The van der Waals surface area contributed by atoms with Crippen molar-refractivity contribution in [2.45, 2.75) is 44.8 Å². The molecule has 21 heavy (non-hydrogen) atoms. The number of alkyl halides is 1. The van der Waals surface area contributed by atoms with Gasteiger partial charge in [0, 0.05) is 11.8 Å². The summed E-state index contributed by atoms with van der Waals surface area (Å²) in [6.07, 6.45) is 8.34. The first-order valence-electron chi connectivity index (χ1n) is 7.11. The number of rotatable bonds is 4. The fraction of sp³-hybridized carbons (Fsp3) is 0.412. The Hall–Kier alpha value is -1.97. The van der Waals surface area contributed by atoms with Gasteiger partial charge >= 0.3 is 0 Å². The van der Waals surface area contributed by atoms with Gasteiger partial charge in [0.15, 0.2) is 17.8 Å². The lowest BCUT2D eigenvalue weighted by Crippen LogP contribution is -2.16. The summed E-state index contributed by atoms with van der Waals surface area (Å²) >= 11 is 0. The van der Waals surface area contributed by atoms with E-state index in [0.29, 0.717) is 18.1 Å². The number of hydrogen-bond donors (Lipinski definition) is 0. The SMILES string of the molecule is C=C/C=C\C=C(/C=C)C1CC(F)c2nc(C(C)(C)C)nn21. The third kappa shape index (κ3) is 3.04. The van der Waals surface area contributed by atoms with Crippen LogP contribution in [0, 0.1) is 0 Å². The fourth-order valence-electron chi connectivity index (χ4n) is 2.33. The van der Waals surface area contributed by atoms with Crippen LogP contribution >= 0.6 is 0 Å². The third-order valence-electron chi connectivity index (χ3n) is 3.49. The Bertz CT molecular complexity index is 602. The molecule has 0 aliphatic carbocycles. The molecular weight excluding hydrogens is 265 g/mol. The van der Waals surface area contributed by atoms with Crippen molar-refractivity contribution in [2.24, 2.45) is 0 Å². The van der Waals surface area contributed by atoms with Crippen LogP contribution in [0.5, 0.6) is 0 Å². The summed E-state index contributed by atoms with van der Waals surface area (Å²) in [4.78, 5) is 4.39. The molecule has 0 saturated heterocycles. The van der Waals surface area contributed by atoms with Gasteiger partial charge in [-0.05, 0) is 5.57 Å². The Morgan fingerprint density at radius 3 is 2.62 bits per heavy atom. The van der Waals surface area contributed by atoms with Crippen LogP contribution < -0.4 is 0 Å². The minimum atomic E-state index is -1.08. The molecular formula is C17H22FN3. The molecule has 0 radical (unpaired) electrons. The molecule has 0 bridgehead atoms. The molecule has 2 heterocycles. The Morgan fingerprint density at radius 2 is 2.05 bits per heavy atom. The minimum Gasteiger partial charge on any atom is -0.239 e. The van der Waals surface area contributed by atoms with Crippen molar-refractivity contribution in [1.29, 1.82) is 0 Å². The van der Waals surface area contributed by atoms with E-state index in [0.717, 1.165) is 5.57 Å². The third-order valence-corrected chi connectivity index (χ3v) is 3.49. The first-order valence-corrected chi connectivity index (χ1v) is 7.11. The lowest BCUT2D eigenvalue weighted by Gasteiger charge is -2.15. The summed E-state index contributed by atoms with van der Waals surface area (Å²) < 4.78 is 15.9. The van der Waals surface area contributed by atoms with Gasteiger partial charge in [-0.2, -0.15) is 5.10 Å². The van der Waals surface area contributed by atoms with Crippen LogP contribution in [0.1, 0.15) is 51.1 Å². The molecule has 0 aromatic carbocycles. The molecule has 1 aromatic heterocycles. The van der Waals surface area contributed by atoms with E-state index >= 15 is 0 Å². The molecule has 1 aromatic rings. The smallest absolute Gasteiger partial charge is 0.162 e. The topological polar surface area (TPSA) is 30.7 Å². The van der Waals surface area contributed by atoms with Crippen molar-refractivity contribution < 1.29 is 4.39 Å². The highest BCUT2D eigenvalue weighted by Crippen LogP contribution is 2.40. The highest BCUT2D eigenvalue weighted by molar-refractivity contribution is 5.30. The second kappa shape index (κ2) is 5.80. The largest absolute Gasteiger partial charge is 0.239 e. The van der Waals surface area contributed by atoms with Crippen molar-refractivity contribution in [3.05, 3.63) is 60.8 Å². The first kappa shape index (κ1) is 15.4. The molecule has 3 nitrogen and oxygen atoms in total. The van der Waals surface area contributed by atoms with E-state index in [2.05, 4.69) is 23.2 Å². The second-order valence-electron chi connectivity index (χ2n) is 6.20. The van der Waals surface area contributed by atoms with Gasteiger partial charge < -0.3 is 0 Å². The van der Waals surface area contributed by atoms with Crippen LogP contribution in [0.25, 0.3) is 0 Å². The van der Waals surface area contributed by atoms with Gasteiger partial charge in [0.1, 0.15) is 0 Å². The van der Waals surface area contributed by atoms with Crippen LogP contribution in [0.2, 0.25) is 0 Å². The zero-order valence-corrected chi connectivity index (χ0v) is 12.9. The Balaban J connectivity index is 2.40. The molecule has 112 valence electrons. The van der Waals surface area contributed by atoms with Crippen LogP contribution in [0.3, 0.4) is 0 Å². The van der Waals surface area contributed by atoms with Crippen molar-refractivity contribution in [1.82, 2.24) is 14.8 Å². The number of hydrogen-bond acceptors (Lipinski definition) is 2. The zero-order valence-electron chi connectivity index (χ0n) is 12.9. The predicted molar refractivity (Wildman–Crippen MR) is 83.8 cm³/mol. The molecule has 0 amide bonds. The molecule has 2 unspecified atom stereocenters. The highest BCUT2D eigenvalue weighted by Gasteiger charge is 2.37. The van der Waals surface area contributed by atoms with Gasteiger partial charge in [-0.15, -0.1) is 0 Å². The van der Waals surface area contributed by atoms with Gasteiger partial charge in [0.2, 0.25) is 0 Å². The fourth-order valence-corrected chi connectivity index (χ4v) is 2.33. The van der Waals surface area contributed by atoms with Crippen LogP contribution in [-0.4, -0.2) is 14.8 Å². The molecule has 1 aliphatic heterocycles. The van der Waals surface area contributed by atoms with Crippen LogP contribution in [-0.2, 0) is 5.41 Å². The normalized spacial score (nSPS) is 22.6. The minimum absolute atomic E-state index is 0.148. The lowest BCUT2D eigenvalue weighted by atomic mass is 9.96. The summed E-state index contributed by atoms with van der Waals surface area (Å²) in [6, 6.07) is -0.148. The van der Waals surface area contributed by atoms with Gasteiger partial charge in [-0.3, -0.25) is 0 Å². The number of aromatic nitrogens is 3. The molecule has 0 fully saturated rings. The highest BCUT2D eigenvalue weighted by atomic mass is 19.1. The van der Waals surface area contributed by atoms with E-state index in [4.69, 9.17) is 0 Å². The van der Waals surface area contributed by atoms with Crippen molar-refractivity contribution in [2.75, 3.05) is 0 Å². The average molecular weight is 287 g/mol. The molecule has 0 spiro atoms. The summed E-state index contributed by atoms with van der Waals surface area (Å²) in [6.45, 7) is 13.5. The van der Waals surface area contributed by atoms with E-state index < -0.39 is 6.17 Å². The second-order valence-corrected chi connectivity index (χ2v) is 6.20. The molecule has 0 N–H and O–H groups in total. The Kier molecular flexibility index (Phi) is 4.26. The van der Waals surface area contributed by atoms with E-state index in [-0.39, 0.29) is 11.5 Å². The summed E-state index contributed by atoms with van der Waals surface area (Å²) in [5.41, 5.74) is 0.738. The van der Waals surface area contributed by atoms with Crippen molar-refractivity contribution in [3.63, 3.8) is 0 Å². The quantitative estimate of drug-likeness (QED) is 0.769. The maximum Gasteiger partial charge on any atom is 0.162 e. The molecule has 2 rings (SSSR count). The number of fused-ring (bicyclic) bond motifs is 1. The van der Waals surface area contributed by atoms with Gasteiger partial charge in [-0.1, -0.05) is 64.3 Å². The van der Waals surface area contributed by atoms with E-state index in [1.54, 1.807) is 16.8 Å². The monoisotopic (exact) mass is 287 g/mol. The Labute approximate surface area is 125 Å². The van der Waals surface area contributed by atoms with E-state index in [9.17, 15) is 4.39 Å². The zero-order chi connectivity index (χ0) is 15.6. The van der Waals surface area contributed by atoms with Gasteiger partial charge in [-0.25, -0.2) is 14.1 Å². The molecule has 1 aliphatic rings. The molecule has 4 heteroatoms. The van der Waals surface area contributed by atoms with Gasteiger partial charge in [0.05, 0.1) is 6.04 Å². The standard InChI is InChI=1S/C17H22FN3/c1-6-8-9-10-12(7-2)14-11-13(18)15-19-16(17(3,4)5)20-21(14)15/h6-10,13-14H,1-2,11H2,3-5H3/b9-8-,12-10+. The Morgan fingerprint density at radius 1 is 1.33 bits per heavy atom. The number of allylic oxidation sites excluding steroid dienone is 6. The first-order chi connectivity index (χ1) is 9.88. The summed E-state index contributed by atoms with van der Waals surface area (Å²) in [5, 5.41) is 4.52. The van der Waals surface area contributed by atoms with Gasteiger partial charge in [0.25, 0.3) is 0 Å². The van der Waals surface area contributed by atoms with Crippen molar-refractivity contribution in [3.8, 4) is 0 Å². The number of nitrogens with zero attached hydrogens (tertiary/aromatic N) is 3. The average Bonchev–Trinajstić information content (AvgIpc) is 2.96. The summed E-state index contributed by atoms with van der Waals surface area (Å²) in [5.74, 6) is 1.10. The van der Waals surface area contributed by atoms with Crippen LogP contribution in [0.4, 0.5) is 4.39 Å². The maximum atomic E-state index is 14.2. The molecule has 0 saturated carbocycles. The molecule has 2 atom stereocenters. The maximum absolute atomic E-state index is 14.2. The van der Waals surface area contributed by atoms with E-state index in [1.165, 1.54) is 0 Å². The summed E-state index contributed by atoms with van der Waals surface area (Å²) in [7, 11) is 0. The lowest BCUT2D eigenvalue weighted by molar-refractivity contribution is 0.326. The van der Waals surface area contributed by atoms with E-state index in [1.807, 2.05) is 39.0 Å². The number of halogens is 1.